The molecule has 0 saturated carbocycles. The Morgan fingerprint density at radius 3 is 2.33 bits per heavy atom. The van der Waals surface area contributed by atoms with Crippen LogP contribution in [0.4, 0.5) is 5.69 Å². The lowest BCUT2D eigenvalue weighted by Crippen LogP contribution is -2.16. The van der Waals surface area contributed by atoms with Gasteiger partial charge in [0.1, 0.15) is 0 Å². The Hall–Kier alpha value is -1.73. The van der Waals surface area contributed by atoms with Crippen LogP contribution in [0.1, 0.15) is 12.5 Å². The molecule has 0 aromatic heterocycles. The fraction of sp³-hybridized carbons (Fsp3) is 0.125. The van der Waals surface area contributed by atoms with Crippen molar-refractivity contribution in [2.75, 3.05) is 5.32 Å². The van der Waals surface area contributed by atoms with Gasteiger partial charge < -0.3 is 5.32 Å². The third kappa shape index (κ3) is 2.93. The van der Waals surface area contributed by atoms with Crippen LogP contribution in [-0.4, -0.2) is 6.04 Å². The van der Waals surface area contributed by atoms with E-state index < -0.39 is 0 Å². The molecule has 0 fully saturated rings. The lowest BCUT2D eigenvalue weighted by molar-refractivity contribution is 1.02. The highest BCUT2D eigenvalue weighted by Gasteiger charge is 2.11. The van der Waals surface area contributed by atoms with Gasteiger partial charge in [0.25, 0.3) is 0 Å². The quantitative estimate of drug-likeness (QED) is 0.825. The van der Waals surface area contributed by atoms with Crippen molar-refractivity contribution in [2.45, 2.75) is 13.0 Å². The highest BCUT2D eigenvalue weighted by atomic mass is 35.5. The minimum Gasteiger partial charge on any atom is -0.379 e. The van der Waals surface area contributed by atoms with Crippen LogP contribution < -0.4 is 5.32 Å². The molecule has 18 heavy (non-hydrogen) atoms. The summed E-state index contributed by atoms with van der Waals surface area (Å²) in [7, 11) is 0. The molecular formula is C16H16ClN. The maximum absolute atomic E-state index is 6.18. The number of para-hydroxylation sites is 1. The van der Waals surface area contributed by atoms with E-state index in [1.165, 1.54) is 0 Å². The maximum Gasteiger partial charge on any atom is 0.0486 e. The first-order valence-corrected chi connectivity index (χ1v) is 6.31. The van der Waals surface area contributed by atoms with E-state index in [1.54, 1.807) is 0 Å². The zero-order valence-electron chi connectivity index (χ0n) is 10.4. The van der Waals surface area contributed by atoms with Crippen LogP contribution in [0.5, 0.6) is 0 Å². The van der Waals surface area contributed by atoms with Gasteiger partial charge >= 0.3 is 0 Å². The van der Waals surface area contributed by atoms with Gasteiger partial charge in [0.05, 0.1) is 0 Å². The first kappa shape index (κ1) is 12.7. The van der Waals surface area contributed by atoms with E-state index >= 15 is 0 Å². The first-order chi connectivity index (χ1) is 8.68. The predicted octanol–water partition coefficient (Wildman–Crippen LogP) is 4.85. The molecule has 92 valence electrons. The zero-order valence-corrected chi connectivity index (χ0v) is 11.1. The van der Waals surface area contributed by atoms with Crippen molar-refractivity contribution < 1.29 is 0 Å². The Kier molecular flexibility index (Phi) is 4.06. The second-order valence-electron chi connectivity index (χ2n) is 4.24. The van der Waals surface area contributed by atoms with Crippen LogP contribution in [-0.2, 0) is 0 Å². The van der Waals surface area contributed by atoms with Gasteiger partial charge in [0.15, 0.2) is 0 Å². The van der Waals surface area contributed by atoms with E-state index in [0.29, 0.717) is 0 Å². The Balaban J connectivity index is 2.13. The van der Waals surface area contributed by atoms with Gasteiger partial charge in [-0.3, -0.25) is 0 Å². The summed E-state index contributed by atoms with van der Waals surface area (Å²) < 4.78 is 0. The van der Waals surface area contributed by atoms with Gasteiger partial charge in [-0.15, -0.1) is 0 Å². The maximum atomic E-state index is 6.18. The fourth-order valence-corrected chi connectivity index (χ4v) is 2.08. The summed E-state index contributed by atoms with van der Waals surface area (Å²) in [6.45, 7) is 6.22. The van der Waals surface area contributed by atoms with E-state index in [0.717, 1.165) is 21.8 Å². The number of nitrogens with one attached hydrogen (secondary N) is 1. The minimum absolute atomic E-state index is 0.132. The van der Waals surface area contributed by atoms with Crippen LogP contribution in [0.15, 0.2) is 61.2 Å². The molecule has 0 aliphatic heterocycles. The summed E-state index contributed by atoms with van der Waals surface area (Å²) >= 11 is 6.18. The highest BCUT2D eigenvalue weighted by molar-refractivity contribution is 6.32. The number of hydrogen-bond acceptors (Lipinski definition) is 1. The van der Waals surface area contributed by atoms with Crippen LogP contribution >= 0.6 is 11.6 Å². The number of rotatable bonds is 4. The molecule has 2 aromatic carbocycles. The fourth-order valence-electron chi connectivity index (χ4n) is 1.83. The van der Waals surface area contributed by atoms with Crippen LogP contribution in [0.3, 0.4) is 0 Å². The third-order valence-corrected chi connectivity index (χ3v) is 3.23. The van der Waals surface area contributed by atoms with E-state index in [-0.39, 0.29) is 6.04 Å². The van der Waals surface area contributed by atoms with Crippen LogP contribution in [0.2, 0.25) is 5.02 Å². The molecule has 1 unspecified atom stereocenters. The second-order valence-corrected chi connectivity index (χ2v) is 4.64. The SMILES string of the molecule is C=C(c1ccccc1Cl)C(C)Nc1ccccc1. The summed E-state index contributed by atoms with van der Waals surface area (Å²) in [4.78, 5) is 0. The summed E-state index contributed by atoms with van der Waals surface area (Å²) in [6, 6.07) is 18.0. The average molecular weight is 258 g/mol. The van der Waals surface area contributed by atoms with Crippen molar-refractivity contribution in [2.24, 2.45) is 0 Å². The van der Waals surface area contributed by atoms with E-state index in [9.17, 15) is 0 Å². The number of anilines is 1. The lowest BCUT2D eigenvalue weighted by Gasteiger charge is -2.19. The van der Waals surface area contributed by atoms with Gasteiger partial charge in [0.2, 0.25) is 0 Å². The second kappa shape index (κ2) is 5.74. The number of hydrogen-bond donors (Lipinski definition) is 1. The summed E-state index contributed by atoms with van der Waals surface area (Å²) in [6.07, 6.45) is 0. The van der Waals surface area contributed by atoms with Crippen molar-refractivity contribution in [1.82, 2.24) is 0 Å². The zero-order chi connectivity index (χ0) is 13.0. The third-order valence-electron chi connectivity index (χ3n) is 2.90. The molecule has 2 rings (SSSR count). The molecule has 1 N–H and O–H groups in total. The Morgan fingerprint density at radius 1 is 1.06 bits per heavy atom. The van der Waals surface area contributed by atoms with Gasteiger partial charge in [-0.2, -0.15) is 0 Å². The van der Waals surface area contributed by atoms with Crippen molar-refractivity contribution in [1.29, 1.82) is 0 Å². The number of benzene rings is 2. The van der Waals surface area contributed by atoms with Gasteiger partial charge in [-0.1, -0.05) is 54.6 Å². The summed E-state index contributed by atoms with van der Waals surface area (Å²) in [5.41, 5.74) is 3.07. The molecule has 0 amide bonds. The molecule has 1 nitrogen and oxygen atoms in total. The molecule has 0 aliphatic carbocycles. The molecule has 0 saturated heterocycles. The average Bonchev–Trinajstić information content (AvgIpc) is 2.39. The lowest BCUT2D eigenvalue weighted by atomic mass is 10.0. The first-order valence-electron chi connectivity index (χ1n) is 5.94. The van der Waals surface area contributed by atoms with E-state index in [4.69, 9.17) is 11.6 Å². The monoisotopic (exact) mass is 257 g/mol. The Bertz CT molecular complexity index is 534. The molecule has 0 spiro atoms. The summed E-state index contributed by atoms with van der Waals surface area (Å²) in [5, 5.41) is 4.15. The van der Waals surface area contributed by atoms with Gasteiger partial charge in [-0.25, -0.2) is 0 Å². The molecule has 0 radical (unpaired) electrons. The van der Waals surface area contributed by atoms with Gasteiger partial charge in [0, 0.05) is 16.8 Å². The molecule has 2 aromatic rings. The van der Waals surface area contributed by atoms with E-state index in [2.05, 4.69) is 18.8 Å². The van der Waals surface area contributed by atoms with Crippen molar-refractivity contribution in [3.63, 3.8) is 0 Å². The van der Waals surface area contributed by atoms with E-state index in [1.807, 2.05) is 54.6 Å². The molecular weight excluding hydrogens is 242 g/mol. The van der Waals surface area contributed by atoms with Crippen LogP contribution in [0.25, 0.3) is 5.57 Å². The smallest absolute Gasteiger partial charge is 0.0486 e. The minimum atomic E-state index is 0.132. The topological polar surface area (TPSA) is 12.0 Å². The molecule has 0 bridgehead atoms. The standard InChI is InChI=1S/C16H16ClN/c1-12(15-10-6-7-11-16(15)17)13(2)18-14-8-4-3-5-9-14/h3-11,13,18H,1H2,2H3. The molecule has 2 heteroatoms. The van der Waals surface area contributed by atoms with Crippen molar-refractivity contribution in [3.8, 4) is 0 Å². The normalized spacial score (nSPS) is 11.9. The molecule has 0 heterocycles. The molecule has 0 aliphatic rings. The largest absolute Gasteiger partial charge is 0.379 e. The summed E-state index contributed by atoms with van der Waals surface area (Å²) in [5.74, 6) is 0. The Morgan fingerprint density at radius 2 is 1.67 bits per heavy atom. The number of halogens is 1. The molecule has 1 atom stereocenters. The highest BCUT2D eigenvalue weighted by Crippen LogP contribution is 2.26. The van der Waals surface area contributed by atoms with Gasteiger partial charge in [-0.05, 0) is 36.3 Å². The predicted molar refractivity (Wildman–Crippen MR) is 80.0 cm³/mol. The van der Waals surface area contributed by atoms with Crippen LogP contribution in [0, 0.1) is 0 Å². The van der Waals surface area contributed by atoms with Crippen molar-refractivity contribution >= 4 is 22.9 Å². The Labute approximate surface area is 113 Å². The van der Waals surface area contributed by atoms with Crippen molar-refractivity contribution in [3.05, 3.63) is 71.8 Å².